The highest BCUT2D eigenvalue weighted by atomic mass is 79.9. The van der Waals surface area contributed by atoms with Gasteiger partial charge in [0.2, 0.25) is 0 Å². The monoisotopic (exact) mass is 378 g/mol. The first-order chi connectivity index (χ1) is 9.06. The quantitative estimate of drug-likeness (QED) is 0.809. The highest BCUT2D eigenvalue weighted by molar-refractivity contribution is 9.11. The van der Waals surface area contributed by atoms with Gasteiger partial charge in [-0.15, -0.1) is 11.3 Å². The van der Waals surface area contributed by atoms with Gasteiger partial charge in [-0.3, -0.25) is 4.79 Å². The fourth-order valence-corrected chi connectivity index (χ4v) is 3.27. The van der Waals surface area contributed by atoms with Gasteiger partial charge in [0.1, 0.15) is 10.8 Å². The van der Waals surface area contributed by atoms with E-state index in [1.807, 2.05) is 12.1 Å². The molecule has 2 aromatic rings. The first-order valence-corrected chi connectivity index (χ1v) is 7.77. The summed E-state index contributed by atoms with van der Waals surface area (Å²) < 4.78 is 1.08. The van der Waals surface area contributed by atoms with Crippen LogP contribution in [0.4, 0.5) is 0 Å². The van der Waals surface area contributed by atoms with Crippen LogP contribution in [0.15, 0.2) is 28.1 Å². The summed E-state index contributed by atoms with van der Waals surface area (Å²) in [4.78, 5) is 17.0. The molecule has 0 aliphatic heterocycles. The molecule has 0 aromatic carbocycles. The zero-order valence-electron chi connectivity index (χ0n) is 9.62. The number of nitrogens with zero attached hydrogens (tertiary/aromatic N) is 1. The summed E-state index contributed by atoms with van der Waals surface area (Å²) in [5.74, 6) is -0.317. The number of carbonyl (C=O) groups is 1. The van der Waals surface area contributed by atoms with Gasteiger partial charge in [0.05, 0.1) is 8.81 Å². The van der Waals surface area contributed by atoms with Crippen molar-refractivity contribution in [3.8, 4) is 0 Å². The molecule has 0 radical (unpaired) electrons. The van der Waals surface area contributed by atoms with Crippen LogP contribution in [0.2, 0.25) is 10.2 Å². The summed E-state index contributed by atoms with van der Waals surface area (Å²) in [5, 5.41) is 3.31. The zero-order chi connectivity index (χ0) is 13.8. The molecule has 0 saturated heterocycles. The molecule has 0 atom stereocenters. The van der Waals surface area contributed by atoms with Crippen LogP contribution in [0.5, 0.6) is 0 Å². The van der Waals surface area contributed by atoms with E-state index in [9.17, 15) is 4.79 Å². The van der Waals surface area contributed by atoms with Crippen molar-refractivity contribution in [3.63, 3.8) is 0 Å². The van der Waals surface area contributed by atoms with Gasteiger partial charge in [-0.05, 0) is 46.6 Å². The van der Waals surface area contributed by atoms with E-state index in [4.69, 9.17) is 23.2 Å². The molecule has 19 heavy (non-hydrogen) atoms. The molecule has 2 heterocycles. The van der Waals surface area contributed by atoms with Crippen LogP contribution >= 0.6 is 50.5 Å². The molecule has 0 spiro atoms. The lowest BCUT2D eigenvalue weighted by atomic mass is 10.3. The molecule has 3 nitrogen and oxygen atoms in total. The van der Waals surface area contributed by atoms with Gasteiger partial charge >= 0.3 is 0 Å². The Morgan fingerprint density at radius 1 is 1.32 bits per heavy atom. The lowest BCUT2D eigenvalue weighted by molar-refractivity contribution is 0.0949. The van der Waals surface area contributed by atoms with E-state index in [2.05, 4.69) is 26.2 Å². The van der Waals surface area contributed by atoms with Gasteiger partial charge in [0.25, 0.3) is 5.91 Å². The fraction of sp³-hybridized carbons (Fsp3) is 0.167. The SMILES string of the molecule is O=C(NCCc1ccc(Br)s1)c1nc(Cl)ccc1Cl. The van der Waals surface area contributed by atoms with Crippen molar-refractivity contribution in [2.45, 2.75) is 6.42 Å². The topological polar surface area (TPSA) is 42.0 Å². The van der Waals surface area contributed by atoms with Crippen LogP contribution in [0.25, 0.3) is 0 Å². The minimum atomic E-state index is -0.317. The van der Waals surface area contributed by atoms with Crippen LogP contribution in [0.1, 0.15) is 15.4 Å². The van der Waals surface area contributed by atoms with Crippen LogP contribution in [0, 0.1) is 0 Å². The predicted molar refractivity (Wildman–Crippen MR) is 82.3 cm³/mol. The molecule has 2 aromatic heterocycles. The smallest absolute Gasteiger partial charge is 0.271 e. The highest BCUT2D eigenvalue weighted by Gasteiger charge is 2.12. The van der Waals surface area contributed by atoms with Gasteiger partial charge in [-0.2, -0.15) is 0 Å². The van der Waals surface area contributed by atoms with Gasteiger partial charge in [-0.1, -0.05) is 23.2 Å². The summed E-state index contributed by atoms with van der Waals surface area (Å²) in [7, 11) is 0. The number of aromatic nitrogens is 1. The van der Waals surface area contributed by atoms with Gasteiger partial charge in [0.15, 0.2) is 0 Å². The van der Waals surface area contributed by atoms with E-state index in [0.29, 0.717) is 11.6 Å². The van der Waals surface area contributed by atoms with Crippen molar-refractivity contribution in [2.75, 3.05) is 6.54 Å². The Morgan fingerprint density at radius 3 is 2.79 bits per heavy atom. The molecule has 2 rings (SSSR count). The van der Waals surface area contributed by atoms with Crippen LogP contribution in [-0.4, -0.2) is 17.4 Å². The lowest BCUT2D eigenvalue weighted by Crippen LogP contribution is -2.26. The maximum atomic E-state index is 11.9. The molecule has 0 bridgehead atoms. The summed E-state index contributed by atoms with van der Waals surface area (Å²) in [6.45, 7) is 0.524. The first kappa shape index (κ1) is 14.8. The third-order valence-electron chi connectivity index (χ3n) is 2.31. The summed E-state index contributed by atoms with van der Waals surface area (Å²) >= 11 is 16.7. The summed E-state index contributed by atoms with van der Waals surface area (Å²) in [6, 6.07) is 7.11. The Labute approximate surface area is 133 Å². The molecule has 1 N–H and O–H groups in total. The molecule has 0 saturated carbocycles. The molecule has 0 unspecified atom stereocenters. The third kappa shape index (κ3) is 4.18. The number of thiophene rings is 1. The van der Waals surface area contributed by atoms with E-state index in [1.165, 1.54) is 4.88 Å². The van der Waals surface area contributed by atoms with Crippen LogP contribution in [0.3, 0.4) is 0 Å². The number of pyridine rings is 1. The van der Waals surface area contributed by atoms with Crippen molar-refractivity contribution >= 4 is 56.4 Å². The number of carbonyl (C=O) groups excluding carboxylic acids is 1. The number of halogens is 3. The Bertz CT molecular complexity index is 603. The largest absolute Gasteiger partial charge is 0.350 e. The van der Waals surface area contributed by atoms with E-state index in [0.717, 1.165) is 10.2 Å². The average molecular weight is 380 g/mol. The Morgan fingerprint density at radius 2 is 2.11 bits per heavy atom. The number of hydrogen-bond donors (Lipinski definition) is 1. The molecular formula is C12H9BrCl2N2OS. The minimum absolute atomic E-state index is 0.154. The van der Waals surface area contributed by atoms with E-state index < -0.39 is 0 Å². The second kappa shape index (κ2) is 6.70. The number of rotatable bonds is 4. The predicted octanol–water partition coefficient (Wildman–Crippen LogP) is 4.18. The number of amides is 1. The van der Waals surface area contributed by atoms with Crippen molar-refractivity contribution in [1.82, 2.24) is 10.3 Å². The fourth-order valence-electron chi connectivity index (χ4n) is 1.45. The zero-order valence-corrected chi connectivity index (χ0v) is 13.5. The van der Waals surface area contributed by atoms with E-state index in [-0.39, 0.29) is 16.8 Å². The van der Waals surface area contributed by atoms with Crippen molar-refractivity contribution in [1.29, 1.82) is 0 Å². The minimum Gasteiger partial charge on any atom is -0.350 e. The van der Waals surface area contributed by atoms with Gasteiger partial charge in [-0.25, -0.2) is 4.98 Å². The standard InChI is InChI=1S/C12H9BrCl2N2OS/c13-9-3-1-7(19-9)5-6-16-12(18)11-8(14)2-4-10(15)17-11/h1-4H,5-6H2,(H,16,18). The van der Waals surface area contributed by atoms with Crippen molar-refractivity contribution < 1.29 is 4.79 Å². The Hall–Kier alpha value is -0.620. The molecule has 100 valence electrons. The first-order valence-electron chi connectivity index (χ1n) is 5.41. The molecule has 0 aliphatic rings. The van der Waals surface area contributed by atoms with Crippen molar-refractivity contribution in [3.05, 3.63) is 48.8 Å². The maximum Gasteiger partial charge on any atom is 0.271 e. The summed E-state index contributed by atoms with van der Waals surface area (Å²) in [6.07, 6.45) is 0.764. The molecule has 0 aliphatic carbocycles. The Kier molecular flexibility index (Phi) is 5.21. The average Bonchev–Trinajstić information content (AvgIpc) is 2.78. The lowest BCUT2D eigenvalue weighted by Gasteiger charge is -2.05. The van der Waals surface area contributed by atoms with Crippen LogP contribution in [-0.2, 0) is 6.42 Å². The normalized spacial score (nSPS) is 10.5. The molecule has 7 heteroatoms. The second-order valence-electron chi connectivity index (χ2n) is 3.68. The highest BCUT2D eigenvalue weighted by Crippen LogP contribution is 2.22. The molecular weight excluding hydrogens is 371 g/mol. The third-order valence-corrected chi connectivity index (χ3v) is 4.51. The van der Waals surface area contributed by atoms with E-state index >= 15 is 0 Å². The summed E-state index contributed by atoms with van der Waals surface area (Å²) in [5.41, 5.74) is 0.154. The molecule has 1 amide bonds. The van der Waals surface area contributed by atoms with E-state index in [1.54, 1.807) is 23.5 Å². The number of nitrogens with one attached hydrogen (secondary N) is 1. The van der Waals surface area contributed by atoms with Gasteiger partial charge < -0.3 is 5.32 Å². The number of hydrogen-bond acceptors (Lipinski definition) is 3. The second-order valence-corrected chi connectivity index (χ2v) is 7.02. The van der Waals surface area contributed by atoms with Crippen LogP contribution < -0.4 is 5.32 Å². The molecule has 0 fully saturated rings. The van der Waals surface area contributed by atoms with Gasteiger partial charge in [0, 0.05) is 11.4 Å². The van der Waals surface area contributed by atoms with Crippen molar-refractivity contribution in [2.24, 2.45) is 0 Å². The maximum absolute atomic E-state index is 11.9. The Balaban J connectivity index is 1.92.